The molecule has 0 aliphatic carbocycles. The minimum Gasteiger partial charge on any atom is -0.298 e. The number of aromatic nitrogens is 1. The van der Waals surface area contributed by atoms with Crippen molar-refractivity contribution in [3.05, 3.63) is 51.0 Å². The molecule has 1 aromatic heterocycles. The van der Waals surface area contributed by atoms with Gasteiger partial charge in [-0.1, -0.05) is 0 Å². The van der Waals surface area contributed by atoms with Gasteiger partial charge in [-0.05, 0) is 6.07 Å². The third kappa shape index (κ3) is 2.71. The van der Waals surface area contributed by atoms with E-state index in [1.165, 1.54) is 6.20 Å². The van der Waals surface area contributed by atoms with Crippen LogP contribution in [0.15, 0.2) is 23.7 Å². The molecule has 2 aromatic rings. The number of rotatable bonds is 3. The summed E-state index contributed by atoms with van der Waals surface area (Å²) in [5.41, 5.74) is -1.65. The molecule has 1 heterocycles. The molecule has 0 aliphatic rings. The monoisotopic (exact) mass is 285 g/mol. The summed E-state index contributed by atoms with van der Waals surface area (Å²) in [6, 6.07) is 0.850. The van der Waals surface area contributed by atoms with E-state index in [0.717, 1.165) is 11.3 Å². The number of nitro groups is 1. The molecular formula is C10H5F2N3O3S. The Morgan fingerprint density at radius 1 is 1.37 bits per heavy atom. The van der Waals surface area contributed by atoms with Gasteiger partial charge in [0.1, 0.15) is 5.82 Å². The van der Waals surface area contributed by atoms with Crippen LogP contribution in [0.25, 0.3) is 0 Å². The van der Waals surface area contributed by atoms with Crippen molar-refractivity contribution in [2.24, 2.45) is 0 Å². The molecule has 6 nitrogen and oxygen atoms in total. The van der Waals surface area contributed by atoms with E-state index in [1.54, 1.807) is 5.38 Å². The van der Waals surface area contributed by atoms with Gasteiger partial charge >= 0.3 is 5.69 Å². The number of carbonyl (C=O) groups is 1. The maximum Gasteiger partial charge on any atom is 0.307 e. The van der Waals surface area contributed by atoms with E-state index in [-0.39, 0.29) is 5.13 Å². The molecule has 1 aromatic carbocycles. The molecule has 98 valence electrons. The largest absolute Gasteiger partial charge is 0.307 e. The lowest BCUT2D eigenvalue weighted by atomic mass is 10.1. The Hall–Kier alpha value is -2.42. The molecule has 9 heteroatoms. The quantitative estimate of drug-likeness (QED) is 0.693. The second-order valence-corrected chi connectivity index (χ2v) is 4.23. The van der Waals surface area contributed by atoms with Crippen molar-refractivity contribution < 1.29 is 18.5 Å². The summed E-state index contributed by atoms with van der Waals surface area (Å²) < 4.78 is 26.8. The summed E-state index contributed by atoms with van der Waals surface area (Å²) in [4.78, 5) is 24.7. The van der Waals surface area contributed by atoms with Gasteiger partial charge in [0.15, 0.2) is 5.13 Å². The lowest BCUT2D eigenvalue weighted by molar-refractivity contribution is -0.387. The fourth-order valence-corrected chi connectivity index (χ4v) is 1.82. The highest BCUT2D eigenvalue weighted by Gasteiger charge is 2.22. The van der Waals surface area contributed by atoms with E-state index >= 15 is 0 Å². The van der Waals surface area contributed by atoms with E-state index in [0.29, 0.717) is 12.1 Å². The van der Waals surface area contributed by atoms with Gasteiger partial charge in [0.2, 0.25) is 5.82 Å². The van der Waals surface area contributed by atoms with E-state index < -0.39 is 33.7 Å². The van der Waals surface area contributed by atoms with Crippen LogP contribution in [0.5, 0.6) is 0 Å². The van der Waals surface area contributed by atoms with Crippen LogP contribution in [-0.2, 0) is 0 Å². The minimum absolute atomic E-state index is 0.211. The Bertz CT molecular complexity index is 646. The smallest absolute Gasteiger partial charge is 0.298 e. The average molecular weight is 285 g/mol. The number of carbonyl (C=O) groups excluding carboxylic acids is 1. The third-order valence-electron chi connectivity index (χ3n) is 2.13. The number of halogens is 2. The molecule has 0 fully saturated rings. The summed E-state index contributed by atoms with van der Waals surface area (Å²) in [7, 11) is 0. The molecule has 0 spiro atoms. The van der Waals surface area contributed by atoms with Gasteiger partial charge in [-0.15, -0.1) is 11.3 Å². The maximum atomic E-state index is 13.5. The van der Waals surface area contributed by atoms with Crippen LogP contribution < -0.4 is 5.32 Å². The molecule has 1 amide bonds. The number of hydrogen-bond acceptors (Lipinski definition) is 5. The molecular weight excluding hydrogens is 280 g/mol. The maximum absolute atomic E-state index is 13.5. The van der Waals surface area contributed by atoms with Crippen LogP contribution >= 0.6 is 11.3 Å². The minimum atomic E-state index is -1.28. The predicted octanol–water partition coefficient (Wildman–Crippen LogP) is 2.58. The topological polar surface area (TPSA) is 85.1 Å². The zero-order chi connectivity index (χ0) is 14.0. The van der Waals surface area contributed by atoms with Crippen LogP contribution in [0.2, 0.25) is 0 Å². The number of nitrogens with one attached hydrogen (secondary N) is 1. The summed E-state index contributed by atoms with van der Waals surface area (Å²) >= 11 is 1.10. The zero-order valence-corrected chi connectivity index (χ0v) is 9.91. The number of nitrogens with zero attached hydrogens (tertiary/aromatic N) is 2. The molecule has 0 saturated carbocycles. The lowest BCUT2D eigenvalue weighted by Crippen LogP contribution is -2.14. The fraction of sp³-hybridized carbons (Fsp3) is 0. The molecule has 1 N–H and O–H groups in total. The lowest BCUT2D eigenvalue weighted by Gasteiger charge is -2.03. The molecule has 19 heavy (non-hydrogen) atoms. The Kier molecular flexibility index (Phi) is 3.47. The number of nitro benzene ring substituents is 1. The first-order chi connectivity index (χ1) is 8.99. The van der Waals surface area contributed by atoms with Crippen LogP contribution in [0, 0.1) is 21.7 Å². The van der Waals surface area contributed by atoms with Crippen LogP contribution in [0.3, 0.4) is 0 Å². The van der Waals surface area contributed by atoms with Gasteiger partial charge in [0.25, 0.3) is 5.91 Å². The molecule has 0 unspecified atom stereocenters. The van der Waals surface area contributed by atoms with E-state index in [9.17, 15) is 23.7 Å². The number of hydrogen-bond donors (Lipinski definition) is 1. The van der Waals surface area contributed by atoms with Crippen LogP contribution in [-0.4, -0.2) is 15.8 Å². The van der Waals surface area contributed by atoms with Crippen molar-refractivity contribution in [1.29, 1.82) is 0 Å². The SMILES string of the molecule is O=C(Nc1nccs1)c1cc(F)c([N+](=O)[O-])cc1F. The first-order valence-electron chi connectivity index (χ1n) is 4.83. The van der Waals surface area contributed by atoms with E-state index in [2.05, 4.69) is 10.3 Å². The summed E-state index contributed by atoms with van der Waals surface area (Å²) in [5.74, 6) is -3.39. The number of thiazole rings is 1. The summed E-state index contributed by atoms with van der Waals surface area (Å²) in [5, 5.41) is 14.4. The first kappa shape index (κ1) is 13.0. The normalized spacial score (nSPS) is 10.2. The molecule has 0 radical (unpaired) electrons. The van der Waals surface area contributed by atoms with Crippen LogP contribution in [0.1, 0.15) is 10.4 Å². The standard InChI is InChI=1S/C10H5F2N3O3S/c11-6-4-8(15(17)18)7(12)3-5(6)9(16)14-10-13-1-2-19-10/h1-4H,(H,13,14,16). The average Bonchev–Trinajstić information content (AvgIpc) is 2.83. The highest BCUT2D eigenvalue weighted by atomic mass is 32.1. The highest BCUT2D eigenvalue weighted by Crippen LogP contribution is 2.22. The molecule has 0 aliphatic heterocycles. The Balaban J connectivity index is 2.32. The van der Waals surface area contributed by atoms with E-state index in [4.69, 9.17) is 0 Å². The molecule has 0 atom stereocenters. The summed E-state index contributed by atoms with van der Waals surface area (Å²) in [6.45, 7) is 0. The Labute approximate surface area is 108 Å². The molecule has 0 saturated heterocycles. The van der Waals surface area contributed by atoms with Gasteiger partial charge in [-0.2, -0.15) is 4.39 Å². The zero-order valence-electron chi connectivity index (χ0n) is 9.09. The second kappa shape index (κ2) is 5.06. The molecule has 2 rings (SSSR count). The number of benzene rings is 1. The first-order valence-corrected chi connectivity index (χ1v) is 5.71. The van der Waals surface area contributed by atoms with Crippen molar-refractivity contribution in [2.45, 2.75) is 0 Å². The highest BCUT2D eigenvalue weighted by molar-refractivity contribution is 7.13. The summed E-state index contributed by atoms with van der Waals surface area (Å²) in [6.07, 6.45) is 1.42. The predicted molar refractivity (Wildman–Crippen MR) is 63.1 cm³/mol. The third-order valence-corrected chi connectivity index (χ3v) is 2.82. The van der Waals surface area contributed by atoms with Gasteiger partial charge in [0, 0.05) is 11.6 Å². The van der Waals surface area contributed by atoms with Gasteiger partial charge in [-0.3, -0.25) is 20.2 Å². The molecule has 0 bridgehead atoms. The van der Waals surface area contributed by atoms with E-state index in [1.807, 2.05) is 0 Å². The van der Waals surface area contributed by atoms with Gasteiger partial charge in [0.05, 0.1) is 16.6 Å². The van der Waals surface area contributed by atoms with Crippen molar-refractivity contribution >= 4 is 28.1 Å². The Morgan fingerprint density at radius 2 is 2.11 bits per heavy atom. The number of amides is 1. The second-order valence-electron chi connectivity index (χ2n) is 3.33. The van der Waals surface area contributed by atoms with Crippen molar-refractivity contribution in [2.75, 3.05) is 5.32 Å². The van der Waals surface area contributed by atoms with Crippen molar-refractivity contribution in [1.82, 2.24) is 4.98 Å². The Morgan fingerprint density at radius 3 is 2.68 bits per heavy atom. The van der Waals surface area contributed by atoms with Crippen molar-refractivity contribution in [3.8, 4) is 0 Å². The van der Waals surface area contributed by atoms with Gasteiger partial charge < -0.3 is 0 Å². The van der Waals surface area contributed by atoms with Crippen molar-refractivity contribution in [3.63, 3.8) is 0 Å². The van der Waals surface area contributed by atoms with Crippen LogP contribution in [0.4, 0.5) is 19.6 Å². The fourth-order valence-electron chi connectivity index (χ4n) is 1.30. The van der Waals surface area contributed by atoms with Gasteiger partial charge in [-0.25, -0.2) is 9.37 Å². The number of anilines is 1.